The summed E-state index contributed by atoms with van der Waals surface area (Å²) >= 11 is 3.36. The summed E-state index contributed by atoms with van der Waals surface area (Å²) in [6.45, 7) is 2.24. The number of halogens is 2. The van der Waals surface area contributed by atoms with Crippen molar-refractivity contribution >= 4 is 33.9 Å². The van der Waals surface area contributed by atoms with Crippen LogP contribution in [-0.4, -0.2) is 18.5 Å². The quantitative estimate of drug-likeness (QED) is 0.482. The van der Waals surface area contributed by atoms with Gasteiger partial charge in [0.1, 0.15) is 24.1 Å². The van der Waals surface area contributed by atoms with Crippen LogP contribution in [0.2, 0.25) is 0 Å². The van der Waals surface area contributed by atoms with Crippen LogP contribution in [0.1, 0.15) is 18.1 Å². The van der Waals surface area contributed by atoms with E-state index in [2.05, 4.69) is 15.9 Å². The van der Waals surface area contributed by atoms with Crippen molar-refractivity contribution in [2.75, 3.05) is 6.61 Å². The van der Waals surface area contributed by atoms with Gasteiger partial charge in [-0.1, -0.05) is 28.1 Å². The molecule has 0 aliphatic carbocycles. The number of imide groups is 1. The second-order valence-electron chi connectivity index (χ2n) is 5.66. The van der Waals surface area contributed by atoms with E-state index in [9.17, 15) is 19.2 Å². The summed E-state index contributed by atoms with van der Waals surface area (Å²) in [6.07, 6.45) is 1.28. The molecule has 3 amide bonds. The third-order valence-corrected chi connectivity index (χ3v) is 4.23. The number of ether oxygens (including phenoxy) is 2. The highest BCUT2D eigenvalue weighted by atomic mass is 79.9. The van der Waals surface area contributed by atoms with Crippen LogP contribution < -0.4 is 20.5 Å². The highest BCUT2D eigenvalue weighted by Gasteiger charge is 2.15. The third kappa shape index (κ3) is 6.33. The first kappa shape index (κ1) is 21.9. The first-order chi connectivity index (χ1) is 13.8. The summed E-state index contributed by atoms with van der Waals surface area (Å²) in [6, 6.07) is 9.85. The van der Waals surface area contributed by atoms with Crippen LogP contribution in [0.4, 0.5) is 9.18 Å². The van der Waals surface area contributed by atoms with E-state index in [1.54, 1.807) is 37.3 Å². The maximum absolute atomic E-state index is 13.3. The van der Waals surface area contributed by atoms with Crippen molar-refractivity contribution in [1.82, 2.24) is 5.32 Å². The summed E-state index contributed by atoms with van der Waals surface area (Å²) in [5.74, 6) is -0.529. The normalized spacial score (nSPS) is 10.8. The number of carbonyl (C=O) groups is 2. The number of amides is 3. The molecule has 2 aromatic rings. The minimum atomic E-state index is -1.06. The number of hydrogen-bond acceptors (Lipinski definition) is 5. The van der Waals surface area contributed by atoms with E-state index in [-0.39, 0.29) is 18.0 Å². The van der Waals surface area contributed by atoms with Crippen molar-refractivity contribution in [2.24, 2.45) is 5.73 Å². The Morgan fingerprint density at radius 3 is 2.62 bits per heavy atom. The average Bonchev–Trinajstić information content (AvgIpc) is 2.66. The number of nitrogens with two attached hydrogens (primary N) is 1. The molecule has 0 radical (unpaired) electrons. The Morgan fingerprint density at radius 1 is 1.28 bits per heavy atom. The van der Waals surface area contributed by atoms with Gasteiger partial charge in [0.25, 0.3) is 5.91 Å². The fourth-order valence-corrected chi connectivity index (χ4v) is 2.75. The van der Waals surface area contributed by atoms with Crippen molar-refractivity contribution in [2.45, 2.75) is 13.5 Å². The van der Waals surface area contributed by atoms with E-state index in [0.29, 0.717) is 33.7 Å². The van der Waals surface area contributed by atoms with Gasteiger partial charge in [-0.15, -0.1) is 0 Å². The molecule has 0 aliphatic heterocycles. The number of hydrogen-bond donors (Lipinski definition) is 2. The molecular formula is C20H17BrFN3O4. The Balaban J connectivity index is 2.33. The number of urea groups is 1. The monoisotopic (exact) mass is 461 g/mol. The van der Waals surface area contributed by atoms with Gasteiger partial charge in [-0.2, -0.15) is 5.26 Å². The van der Waals surface area contributed by atoms with Crippen molar-refractivity contribution in [3.05, 3.63) is 63.4 Å². The van der Waals surface area contributed by atoms with Crippen molar-refractivity contribution < 1.29 is 23.5 Å². The van der Waals surface area contributed by atoms with Gasteiger partial charge in [-0.3, -0.25) is 10.1 Å². The molecule has 0 aliphatic rings. The lowest BCUT2D eigenvalue weighted by atomic mass is 10.1. The van der Waals surface area contributed by atoms with Crippen molar-refractivity contribution in [1.29, 1.82) is 5.26 Å². The molecular weight excluding hydrogens is 445 g/mol. The minimum Gasteiger partial charge on any atom is -0.490 e. The molecule has 0 saturated heterocycles. The third-order valence-electron chi connectivity index (χ3n) is 3.55. The van der Waals surface area contributed by atoms with Gasteiger partial charge >= 0.3 is 6.03 Å². The summed E-state index contributed by atoms with van der Waals surface area (Å²) < 4.78 is 25.2. The second-order valence-corrected chi connectivity index (χ2v) is 6.51. The van der Waals surface area contributed by atoms with Crippen LogP contribution >= 0.6 is 15.9 Å². The van der Waals surface area contributed by atoms with E-state index >= 15 is 0 Å². The maximum Gasteiger partial charge on any atom is 0.319 e. The summed E-state index contributed by atoms with van der Waals surface area (Å²) in [4.78, 5) is 22.7. The molecule has 2 aromatic carbocycles. The predicted molar refractivity (Wildman–Crippen MR) is 107 cm³/mol. The summed E-state index contributed by atoms with van der Waals surface area (Å²) in [5, 5.41) is 11.0. The van der Waals surface area contributed by atoms with E-state index in [4.69, 9.17) is 15.2 Å². The molecule has 0 unspecified atom stereocenters. The van der Waals surface area contributed by atoms with E-state index in [1.165, 1.54) is 18.2 Å². The molecule has 0 atom stereocenters. The van der Waals surface area contributed by atoms with Gasteiger partial charge in [0.2, 0.25) is 0 Å². The van der Waals surface area contributed by atoms with Crippen molar-refractivity contribution in [3.8, 4) is 17.6 Å². The van der Waals surface area contributed by atoms with E-state index in [0.717, 1.165) is 0 Å². The zero-order chi connectivity index (χ0) is 21.4. The van der Waals surface area contributed by atoms with Gasteiger partial charge in [0.05, 0.1) is 6.61 Å². The molecule has 0 spiro atoms. The molecule has 150 valence electrons. The maximum atomic E-state index is 13.3. The number of nitrogens with one attached hydrogen (secondary N) is 1. The first-order valence-electron chi connectivity index (χ1n) is 8.40. The molecule has 9 heteroatoms. The highest BCUT2D eigenvalue weighted by molar-refractivity contribution is 9.10. The minimum absolute atomic E-state index is 0.115. The summed E-state index contributed by atoms with van der Waals surface area (Å²) in [5.41, 5.74) is 5.68. The van der Waals surface area contributed by atoms with Crippen LogP contribution in [0, 0.1) is 17.1 Å². The largest absolute Gasteiger partial charge is 0.490 e. The molecule has 2 rings (SSSR count). The fraction of sp³-hybridized carbons (Fsp3) is 0.150. The molecule has 0 aromatic heterocycles. The second kappa shape index (κ2) is 10.2. The number of nitriles is 1. The smallest absolute Gasteiger partial charge is 0.319 e. The number of primary amides is 1. The molecule has 0 bridgehead atoms. The zero-order valence-electron chi connectivity index (χ0n) is 15.4. The van der Waals surface area contributed by atoms with Gasteiger partial charge in [-0.05, 0) is 48.4 Å². The summed E-state index contributed by atoms with van der Waals surface area (Å²) in [7, 11) is 0. The topological polar surface area (TPSA) is 114 Å². The predicted octanol–water partition coefficient (Wildman–Crippen LogP) is 3.67. The first-order valence-corrected chi connectivity index (χ1v) is 9.19. The van der Waals surface area contributed by atoms with E-state index < -0.39 is 11.9 Å². The Morgan fingerprint density at radius 2 is 2.00 bits per heavy atom. The van der Waals surface area contributed by atoms with Gasteiger partial charge in [0, 0.05) is 4.47 Å². The van der Waals surface area contributed by atoms with Gasteiger partial charge in [0.15, 0.2) is 11.5 Å². The lowest BCUT2D eigenvalue weighted by Crippen LogP contribution is -2.35. The number of nitrogens with zero attached hydrogens (tertiary/aromatic N) is 1. The Labute approximate surface area is 175 Å². The van der Waals surface area contributed by atoms with Gasteiger partial charge in [-0.25, -0.2) is 9.18 Å². The molecule has 0 heterocycles. The lowest BCUT2D eigenvalue weighted by molar-refractivity contribution is -0.115. The Hall–Kier alpha value is -3.38. The van der Waals surface area contributed by atoms with Crippen LogP contribution in [-0.2, 0) is 11.4 Å². The molecule has 0 saturated carbocycles. The van der Waals surface area contributed by atoms with E-state index in [1.807, 2.05) is 5.32 Å². The molecule has 3 N–H and O–H groups in total. The number of rotatable bonds is 7. The molecule has 7 nitrogen and oxygen atoms in total. The zero-order valence-corrected chi connectivity index (χ0v) is 17.0. The van der Waals surface area contributed by atoms with Crippen LogP contribution in [0.15, 0.2) is 46.4 Å². The van der Waals surface area contributed by atoms with Crippen molar-refractivity contribution in [3.63, 3.8) is 0 Å². The average molecular weight is 462 g/mol. The lowest BCUT2D eigenvalue weighted by Gasteiger charge is -2.14. The van der Waals surface area contributed by atoms with Crippen LogP contribution in [0.3, 0.4) is 0 Å². The van der Waals surface area contributed by atoms with Crippen LogP contribution in [0.25, 0.3) is 6.08 Å². The Bertz CT molecular complexity index is 1000. The highest BCUT2D eigenvalue weighted by Crippen LogP contribution is 2.35. The van der Waals surface area contributed by atoms with Crippen LogP contribution in [0.5, 0.6) is 11.5 Å². The molecule has 0 fully saturated rings. The fourth-order valence-electron chi connectivity index (χ4n) is 2.31. The molecule has 29 heavy (non-hydrogen) atoms. The number of benzene rings is 2. The SMILES string of the molecule is CCOc1cc(/C=C(/C#N)C(=O)NC(N)=O)c(Br)cc1OCc1cccc(F)c1. The van der Waals surface area contributed by atoms with Gasteiger partial charge < -0.3 is 15.2 Å². The standard InChI is InChI=1S/C20H17BrFN3O4/c1-2-28-17-8-13(7-14(10-23)19(26)25-20(24)27)16(21)9-18(17)29-11-12-4-3-5-15(22)6-12/h3-9H,2,11H2,1H3,(H3,24,25,26,27)/b14-7-. The number of carbonyl (C=O) groups excluding carboxylic acids is 2. The Kier molecular flexibility index (Phi) is 7.74.